The minimum absolute atomic E-state index is 0.113. The van der Waals surface area contributed by atoms with E-state index in [1.165, 1.54) is 15.9 Å². The van der Waals surface area contributed by atoms with Crippen molar-refractivity contribution in [3.05, 3.63) is 71.8 Å². The molecule has 2 aromatic rings. The first kappa shape index (κ1) is 25.5. The molecule has 2 aliphatic heterocycles. The van der Waals surface area contributed by atoms with Gasteiger partial charge < -0.3 is 10.2 Å². The predicted molar refractivity (Wildman–Crippen MR) is 135 cm³/mol. The number of pyridine rings is 1. The SMILES string of the molecule is CC(C)CC[C@@]1(C2CCN(C(=O)/C(F)=C/c3ccccc3)CC2)NC(=O)N(Cc2ccccn2)C1=O. The number of rotatable bonds is 8. The van der Waals surface area contributed by atoms with Gasteiger partial charge in [0.15, 0.2) is 5.83 Å². The molecular weight excluding hydrogens is 459 g/mol. The Kier molecular flexibility index (Phi) is 7.82. The first-order valence-corrected chi connectivity index (χ1v) is 12.6. The topological polar surface area (TPSA) is 82.6 Å². The van der Waals surface area contributed by atoms with Crippen LogP contribution in [0.1, 0.15) is 50.8 Å². The molecule has 4 rings (SSSR count). The molecule has 1 aromatic carbocycles. The molecule has 4 amide bonds. The summed E-state index contributed by atoms with van der Waals surface area (Å²) in [4.78, 5) is 46.5. The highest BCUT2D eigenvalue weighted by atomic mass is 19.1. The van der Waals surface area contributed by atoms with E-state index >= 15 is 0 Å². The van der Waals surface area contributed by atoms with Crippen LogP contribution in [0.4, 0.5) is 9.18 Å². The molecule has 1 aromatic heterocycles. The fraction of sp³-hybridized carbons (Fsp3) is 0.429. The fourth-order valence-electron chi connectivity index (χ4n) is 5.09. The highest BCUT2D eigenvalue weighted by Crippen LogP contribution is 2.38. The molecule has 0 spiro atoms. The van der Waals surface area contributed by atoms with Crippen molar-refractivity contribution in [3.8, 4) is 0 Å². The molecule has 0 unspecified atom stereocenters. The van der Waals surface area contributed by atoms with Gasteiger partial charge in [-0.25, -0.2) is 9.18 Å². The lowest BCUT2D eigenvalue weighted by Crippen LogP contribution is -2.56. The second-order valence-electron chi connectivity index (χ2n) is 10.0. The molecule has 190 valence electrons. The summed E-state index contributed by atoms with van der Waals surface area (Å²) in [6, 6.07) is 13.9. The van der Waals surface area contributed by atoms with E-state index in [4.69, 9.17) is 0 Å². The van der Waals surface area contributed by atoms with Crippen molar-refractivity contribution >= 4 is 23.9 Å². The van der Waals surface area contributed by atoms with E-state index in [0.717, 1.165) is 6.42 Å². The average Bonchev–Trinajstić information content (AvgIpc) is 3.13. The standard InChI is InChI=1S/C28H33FN4O3/c1-20(2)11-14-28(26(35)33(27(36)31-28)19-23-10-6-7-15-30-23)22-12-16-32(17-13-22)25(34)24(29)18-21-8-4-3-5-9-21/h3-10,15,18,20,22H,11-14,16-17,19H2,1-2H3,(H,31,36)/b24-18-/t28-/m0/s1. The predicted octanol–water partition coefficient (Wildman–Crippen LogP) is 4.56. The Morgan fingerprint density at radius 1 is 1.14 bits per heavy atom. The van der Waals surface area contributed by atoms with Crippen LogP contribution < -0.4 is 5.32 Å². The van der Waals surface area contributed by atoms with Crippen molar-refractivity contribution in [1.82, 2.24) is 20.1 Å². The summed E-state index contributed by atoms with van der Waals surface area (Å²) in [6.07, 6.45) is 5.19. The number of carbonyl (C=O) groups excluding carboxylic acids is 3. The average molecular weight is 493 g/mol. The maximum atomic E-state index is 14.7. The van der Waals surface area contributed by atoms with Crippen molar-refractivity contribution in [2.24, 2.45) is 11.8 Å². The molecule has 2 saturated heterocycles. The number of piperidine rings is 1. The molecular formula is C28H33FN4O3. The molecule has 0 aliphatic carbocycles. The van der Waals surface area contributed by atoms with E-state index < -0.39 is 23.3 Å². The number of urea groups is 1. The van der Waals surface area contributed by atoms with Crippen LogP contribution in [0.3, 0.4) is 0 Å². The molecule has 0 saturated carbocycles. The maximum Gasteiger partial charge on any atom is 0.325 e. The monoisotopic (exact) mass is 492 g/mol. The number of carbonyl (C=O) groups is 3. The summed E-state index contributed by atoms with van der Waals surface area (Å²) in [7, 11) is 0. The summed E-state index contributed by atoms with van der Waals surface area (Å²) in [6.45, 7) is 4.94. The number of hydrogen-bond acceptors (Lipinski definition) is 4. The smallest absolute Gasteiger partial charge is 0.325 e. The third-order valence-corrected chi connectivity index (χ3v) is 7.14. The lowest BCUT2D eigenvalue weighted by molar-refractivity contribution is -0.136. The summed E-state index contributed by atoms with van der Waals surface area (Å²) in [5.41, 5.74) is 0.240. The van der Waals surface area contributed by atoms with Crippen molar-refractivity contribution in [1.29, 1.82) is 0 Å². The summed E-state index contributed by atoms with van der Waals surface area (Å²) in [5, 5.41) is 3.03. The quantitative estimate of drug-likeness (QED) is 0.433. The van der Waals surface area contributed by atoms with Crippen LogP contribution in [0.2, 0.25) is 0 Å². The summed E-state index contributed by atoms with van der Waals surface area (Å²) >= 11 is 0. The zero-order chi connectivity index (χ0) is 25.7. The first-order chi connectivity index (χ1) is 17.3. The van der Waals surface area contributed by atoms with Gasteiger partial charge in [-0.05, 0) is 61.3 Å². The number of halogens is 1. The molecule has 1 atom stereocenters. The van der Waals surface area contributed by atoms with Gasteiger partial charge >= 0.3 is 6.03 Å². The number of hydrogen-bond donors (Lipinski definition) is 1. The van der Waals surface area contributed by atoms with Crippen LogP contribution in [0, 0.1) is 11.8 Å². The van der Waals surface area contributed by atoms with Gasteiger partial charge in [-0.3, -0.25) is 19.5 Å². The van der Waals surface area contributed by atoms with E-state index in [1.807, 2.05) is 12.1 Å². The Morgan fingerprint density at radius 2 is 1.83 bits per heavy atom. The zero-order valence-electron chi connectivity index (χ0n) is 20.8. The number of nitrogens with one attached hydrogen (secondary N) is 1. The van der Waals surface area contributed by atoms with E-state index in [1.54, 1.807) is 42.6 Å². The van der Waals surface area contributed by atoms with Crippen LogP contribution in [-0.2, 0) is 16.1 Å². The molecule has 1 N–H and O–H groups in total. The number of likely N-dealkylation sites (tertiary alicyclic amines) is 1. The van der Waals surface area contributed by atoms with Gasteiger partial charge in [0.1, 0.15) is 5.54 Å². The maximum absolute atomic E-state index is 14.7. The van der Waals surface area contributed by atoms with Gasteiger partial charge in [-0.15, -0.1) is 0 Å². The minimum Gasteiger partial charge on any atom is -0.337 e. The van der Waals surface area contributed by atoms with E-state index in [2.05, 4.69) is 24.1 Å². The van der Waals surface area contributed by atoms with Gasteiger partial charge in [0.25, 0.3) is 11.8 Å². The second-order valence-corrected chi connectivity index (χ2v) is 10.0. The van der Waals surface area contributed by atoms with Crippen LogP contribution in [0.15, 0.2) is 60.6 Å². The van der Waals surface area contributed by atoms with Crippen molar-refractivity contribution in [2.45, 2.75) is 51.6 Å². The molecule has 3 heterocycles. The number of imide groups is 1. The highest BCUT2D eigenvalue weighted by Gasteiger charge is 2.55. The van der Waals surface area contributed by atoms with Gasteiger partial charge in [0, 0.05) is 19.3 Å². The normalized spacial score (nSPS) is 21.3. The lowest BCUT2D eigenvalue weighted by atomic mass is 9.74. The Morgan fingerprint density at radius 3 is 2.47 bits per heavy atom. The van der Waals surface area contributed by atoms with Crippen LogP contribution in [0.25, 0.3) is 6.08 Å². The number of aromatic nitrogens is 1. The minimum atomic E-state index is -1.02. The van der Waals surface area contributed by atoms with Crippen LogP contribution in [-0.4, -0.2) is 51.3 Å². The second kappa shape index (κ2) is 11.0. The Balaban J connectivity index is 1.48. The van der Waals surface area contributed by atoms with Gasteiger partial charge in [0.05, 0.1) is 12.2 Å². The molecule has 7 nitrogen and oxygen atoms in total. The van der Waals surface area contributed by atoms with Crippen LogP contribution >= 0.6 is 0 Å². The number of benzene rings is 1. The van der Waals surface area contributed by atoms with Crippen molar-refractivity contribution in [3.63, 3.8) is 0 Å². The Labute approximate surface area is 211 Å². The largest absolute Gasteiger partial charge is 0.337 e. The highest BCUT2D eigenvalue weighted by molar-refractivity contribution is 6.07. The third-order valence-electron chi connectivity index (χ3n) is 7.14. The van der Waals surface area contributed by atoms with Crippen LogP contribution in [0.5, 0.6) is 0 Å². The lowest BCUT2D eigenvalue weighted by Gasteiger charge is -2.41. The van der Waals surface area contributed by atoms with E-state index in [0.29, 0.717) is 49.5 Å². The van der Waals surface area contributed by atoms with Gasteiger partial charge in [-0.1, -0.05) is 50.2 Å². The Hall–Kier alpha value is -3.55. The number of nitrogens with zero attached hydrogens (tertiary/aromatic N) is 3. The molecule has 8 heteroatoms. The van der Waals surface area contributed by atoms with Crippen molar-refractivity contribution < 1.29 is 18.8 Å². The first-order valence-electron chi connectivity index (χ1n) is 12.6. The van der Waals surface area contributed by atoms with Gasteiger partial charge in [0.2, 0.25) is 0 Å². The van der Waals surface area contributed by atoms with E-state index in [-0.39, 0.29) is 18.4 Å². The zero-order valence-corrected chi connectivity index (χ0v) is 20.8. The molecule has 2 aliphatic rings. The number of amides is 4. The van der Waals surface area contributed by atoms with Gasteiger partial charge in [-0.2, -0.15) is 0 Å². The van der Waals surface area contributed by atoms with Crippen molar-refractivity contribution in [2.75, 3.05) is 13.1 Å². The third kappa shape index (κ3) is 5.48. The van der Waals surface area contributed by atoms with E-state index in [9.17, 15) is 18.8 Å². The summed E-state index contributed by atoms with van der Waals surface area (Å²) < 4.78 is 14.7. The molecule has 2 fully saturated rings. The fourth-order valence-corrected chi connectivity index (χ4v) is 5.09. The summed E-state index contributed by atoms with van der Waals surface area (Å²) in [5.74, 6) is -1.48. The Bertz CT molecular complexity index is 1110. The molecule has 36 heavy (non-hydrogen) atoms. The molecule has 0 radical (unpaired) electrons. The molecule has 0 bridgehead atoms.